The summed E-state index contributed by atoms with van der Waals surface area (Å²) in [7, 11) is 0. The van der Waals surface area contributed by atoms with Gasteiger partial charge in [-0.25, -0.2) is 4.98 Å². The number of carbonyl (C=O) groups excluding carboxylic acids is 1. The number of fused-ring (bicyclic) bond motifs is 1. The predicted molar refractivity (Wildman–Crippen MR) is 97.5 cm³/mol. The van der Waals surface area contributed by atoms with E-state index < -0.39 is 0 Å². The zero-order chi connectivity index (χ0) is 17.2. The highest BCUT2D eigenvalue weighted by Crippen LogP contribution is 2.25. The van der Waals surface area contributed by atoms with Crippen molar-refractivity contribution in [2.45, 2.75) is 12.5 Å². The summed E-state index contributed by atoms with van der Waals surface area (Å²) >= 11 is 1.42. The molecule has 0 saturated carbocycles. The SMILES string of the molecule is Nc1nc2cc(C(=O)N[C@@H]3COC[C@H]3Cc3ccncc3)ccc2s1. The molecule has 2 aromatic heterocycles. The molecule has 1 fully saturated rings. The molecule has 128 valence electrons. The van der Waals surface area contributed by atoms with Gasteiger partial charge >= 0.3 is 0 Å². The third-order valence-electron chi connectivity index (χ3n) is 4.43. The van der Waals surface area contributed by atoms with Gasteiger partial charge in [-0.2, -0.15) is 0 Å². The Balaban J connectivity index is 1.46. The second-order valence-corrected chi connectivity index (χ2v) is 7.23. The Hall–Kier alpha value is -2.51. The fraction of sp³-hybridized carbons (Fsp3) is 0.278. The molecule has 3 aromatic rings. The first-order valence-corrected chi connectivity index (χ1v) is 8.94. The zero-order valence-electron chi connectivity index (χ0n) is 13.5. The van der Waals surface area contributed by atoms with Gasteiger partial charge in [-0.15, -0.1) is 0 Å². The van der Waals surface area contributed by atoms with Crippen molar-refractivity contribution in [1.29, 1.82) is 0 Å². The molecule has 1 amide bonds. The van der Waals surface area contributed by atoms with E-state index >= 15 is 0 Å². The normalized spacial score (nSPS) is 20.0. The van der Waals surface area contributed by atoms with Crippen molar-refractivity contribution < 1.29 is 9.53 Å². The Labute approximate surface area is 149 Å². The standard InChI is InChI=1S/C18H18N4O2S/c19-18-22-14-8-12(1-2-16(14)25-18)17(23)21-15-10-24-9-13(15)7-11-3-5-20-6-4-11/h1-6,8,13,15H,7,9-10H2,(H2,19,22)(H,21,23)/t13-,15-/m1/s1. The number of rotatable bonds is 4. The predicted octanol–water partition coefficient (Wildman–Crippen LogP) is 2.26. The van der Waals surface area contributed by atoms with E-state index in [2.05, 4.69) is 15.3 Å². The number of nitrogens with one attached hydrogen (secondary N) is 1. The molecule has 1 aliphatic heterocycles. The molecule has 0 unspecified atom stereocenters. The van der Waals surface area contributed by atoms with E-state index in [0.717, 1.165) is 16.6 Å². The number of thiazole rings is 1. The number of nitrogens with zero attached hydrogens (tertiary/aromatic N) is 2. The van der Waals surface area contributed by atoms with E-state index in [1.165, 1.54) is 16.9 Å². The Kier molecular flexibility index (Phi) is 4.33. The van der Waals surface area contributed by atoms with Crippen molar-refractivity contribution in [3.8, 4) is 0 Å². The first kappa shape index (κ1) is 16.0. The summed E-state index contributed by atoms with van der Waals surface area (Å²) in [5, 5.41) is 3.61. The number of anilines is 1. The molecular formula is C18H18N4O2S. The summed E-state index contributed by atoms with van der Waals surface area (Å²) in [5.74, 6) is 0.147. The van der Waals surface area contributed by atoms with E-state index in [9.17, 15) is 4.79 Å². The lowest BCUT2D eigenvalue weighted by molar-refractivity contribution is 0.0925. The highest BCUT2D eigenvalue weighted by atomic mass is 32.1. The fourth-order valence-electron chi connectivity index (χ4n) is 3.12. The number of pyridine rings is 1. The monoisotopic (exact) mass is 354 g/mol. The molecule has 3 heterocycles. The second-order valence-electron chi connectivity index (χ2n) is 6.17. The summed E-state index contributed by atoms with van der Waals surface area (Å²) in [4.78, 5) is 20.9. The lowest BCUT2D eigenvalue weighted by Crippen LogP contribution is -2.40. The molecule has 0 aliphatic carbocycles. The average Bonchev–Trinajstić information content (AvgIpc) is 3.20. The molecule has 7 heteroatoms. The molecule has 3 N–H and O–H groups in total. The minimum absolute atomic E-state index is 0.00290. The minimum atomic E-state index is -0.108. The number of hydrogen-bond acceptors (Lipinski definition) is 6. The van der Waals surface area contributed by atoms with Crippen molar-refractivity contribution >= 4 is 32.6 Å². The van der Waals surface area contributed by atoms with Crippen LogP contribution < -0.4 is 11.1 Å². The van der Waals surface area contributed by atoms with Gasteiger partial charge in [0, 0.05) is 23.9 Å². The maximum absolute atomic E-state index is 12.6. The summed E-state index contributed by atoms with van der Waals surface area (Å²) in [6.45, 7) is 1.18. The summed E-state index contributed by atoms with van der Waals surface area (Å²) in [6, 6.07) is 9.47. The molecular weight excluding hydrogens is 336 g/mol. The van der Waals surface area contributed by atoms with Crippen LogP contribution >= 0.6 is 11.3 Å². The smallest absolute Gasteiger partial charge is 0.251 e. The van der Waals surface area contributed by atoms with Crippen LogP contribution in [0.1, 0.15) is 15.9 Å². The molecule has 6 nitrogen and oxygen atoms in total. The number of benzene rings is 1. The van der Waals surface area contributed by atoms with Gasteiger partial charge in [0.05, 0.1) is 29.5 Å². The summed E-state index contributed by atoms with van der Waals surface area (Å²) in [5.41, 5.74) is 8.27. The summed E-state index contributed by atoms with van der Waals surface area (Å²) in [6.07, 6.45) is 4.43. The van der Waals surface area contributed by atoms with Gasteiger partial charge in [0.2, 0.25) is 0 Å². The second kappa shape index (κ2) is 6.78. The molecule has 0 spiro atoms. The van der Waals surface area contributed by atoms with Crippen LogP contribution in [0.15, 0.2) is 42.7 Å². The minimum Gasteiger partial charge on any atom is -0.379 e. The maximum atomic E-state index is 12.6. The van der Waals surface area contributed by atoms with Crippen LogP contribution in [0.2, 0.25) is 0 Å². The zero-order valence-corrected chi connectivity index (χ0v) is 14.3. The van der Waals surface area contributed by atoms with Crippen molar-refractivity contribution in [1.82, 2.24) is 15.3 Å². The number of ether oxygens (including phenoxy) is 1. The van der Waals surface area contributed by atoms with Gasteiger partial charge in [-0.1, -0.05) is 11.3 Å². The number of nitrogen functional groups attached to an aromatic ring is 1. The van der Waals surface area contributed by atoms with E-state index in [1.807, 2.05) is 24.3 Å². The molecule has 25 heavy (non-hydrogen) atoms. The van der Waals surface area contributed by atoms with Crippen molar-refractivity contribution in [2.24, 2.45) is 5.92 Å². The van der Waals surface area contributed by atoms with Gasteiger partial charge in [0.25, 0.3) is 5.91 Å². The molecule has 1 saturated heterocycles. The average molecular weight is 354 g/mol. The van der Waals surface area contributed by atoms with Gasteiger partial charge in [0.1, 0.15) is 0 Å². The lowest BCUT2D eigenvalue weighted by atomic mass is 9.95. The third-order valence-corrected chi connectivity index (χ3v) is 5.29. The van der Waals surface area contributed by atoms with Crippen molar-refractivity contribution in [3.05, 3.63) is 53.9 Å². The Morgan fingerprint density at radius 1 is 1.28 bits per heavy atom. The van der Waals surface area contributed by atoms with Crippen molar-refractivity contribution in [3.63, 3.8) is 0 Å². The van der Waals surface area contributed by atoms with E-state index in [0.29, 0.717) is 23.9 Å². The Morgan fingerprint density at radius 3 is 2.96 bits per heavy atom. The van der Waals surface area contributed by atoms with Crippen LogP contribution in [0, 0.1) is 5.92 Å². The molecule has 0 bridgehead atoms. The van der Waals surface area contributed by atoms with Gasteiger partial charge in [-0.05, 0) is 42.3 Å². The fourth-order valence-corrected chi connectivity index (χ4v) is 3.83. The molecule has 1 aromatic carbocycles. The third kappa shape index (κ3) is 3.47. The topological polar surface area (TPSA) is 90.1 Å². The van der Waals surface area contributed by atoms with E-state index in [4.69, 9.17) is 10.5 Å². The first-order valence-electron chi connectivity index (χ1n) is 8.12. The number of nitrogens with two attached hydrogens (primary N) is 1. The van der Waals surface area contributed by atoms with E-state index in [1.54, 1.807) is 18.5 Å². The maximum Gasteiger partial charge on any atom is 0.251 e. The lowest BCUT2D eigenvalue weighted by Gasteiger charge is -2.19. The Bertz CT molecular complexity index is 896. The van der Waals surface area contributed by atoms with Crippen LogP contribution in [0.25, 0.3) is 10.2 Å². The van der Waals surface area contributed by atoms with Gasteiger partial charge < -0.3 is 15.8 Å². The highest BCUT2D eigenvalue weighted by molar-refractivity contribution is 7.22. The van der Waals surface area contributed by atoms with Crippen LogP contribution in [0.3, 0.4) is 0 Å². The van der Waals surface area contributed by atoms with Crippen LogP contribution in [0.5, 0.6) is 0 Å². The molecule has 1 aliphatic rings. The number of hydrogen-bond donors (Lipinski definition) is 2. The highest BCUT2D eigenvalue weighted by Gasteiger charge is 2.30. The first-order chi connectivity index (χ1) is 12.2. The molecule has 4 rings (SSSR count). The quantitative estimate of drug-likeness (QED) is 0.750. The van der Waals surface area contributed by atoms with E-state index in [-0.39, 0.29) is 17.9 Å². The molecule has 0 radical (unpaired) electrons. The van der Waals surface area contributed by atoms with Crippen molar-refractivity contribution in [2.75, 3.05) is 18.9 Å². The Morgan fingerprint density at radius 2 is 2.12 bits per heavy atom. The van der Waals surface area contributed by atoms with Gasteiger partial charge in [-0.3, -0.25) is 9.78 Å². The largest absolute Gasteiger partial charge is 0.379 e. The summed E-state index contributed by atoms with van der Waals surface area (Å²) < 4.78 is 6.58. The van der Waals surface area contributed by atoms with Crippen LogP contribution in [0.4, 0.5) is 5.13 Å². The van der Waals surface area contributed by atoms with Gasteiger partial charge in [0.15, 0.2) is 5.13 Å². The van der Waals surface area contributed by atoms with Crippen LogP contribution in [-0.2, 0) is 11.2 Å². The number of carbonyl (C=O) groups is 1. The van der Waals surface area contributed by atoms with Crippen LogP contribution in [-0.4, -0.2) is 35.1 Å². The molecule has 2 atom stereocenters. The number of aromatic nitrogens is 2. The number of amides is 1.